The van der Waals surface area contributed by atoms with Crippen molar-refractivity contribution in [1.29, 1.82) is 0 Å². The Balaban J connectivity index is 2.10. The van der Waals surface area contributed by atoms with Crippen LogP contribution in [-0.2, 0) is 14.3 Å². The maximum Gasteiger partial charge on any atom is 0.339 e. The van der Waals surface area contributed by atoms with E-state index >= 15 is 0 Å². The summed E-state index contributed by atoms with van der Waals surface area (Å²) in [7, 11) is 0. The summed E-state index contributed by atoms with van der Waals surface area (Å²) in [5, 5.41) is 64.5. The minimum absolute atomic E-state index is 0.0192. The summed E-state index contributed by atoms with van der Waals surface area (Å²) in [5.74, 6) is -9.21. The topological polar surface area (TPSA) is 243 Å². The fourth-order valence-corrected chi connectivity index (χ4v) is 3.63. The Morgan fingerprint density at radius 3 is 1.76 bits per heavy atom. The van der Waals surface area contributed by atoms with Crippen LogP contribution < -0.4 is 0 Å². The summed E-state index contributed by atoms with van der Waals surface area (Å²) in [6.45, 7) is -0.969. The average Bonchev–Trinajstić information content (AvgIpc) is 2.87. The molecule has 0 spiro atoms. The molecule has 6 N–H and O–H groups in total. The van der Waals surface area contributed by atoms with Gasteiger partial charge in [-0.2, -0.15) is 0 Å². The molecule has 0 atom stereocenters. The van der Waals surface area contributed by atoms with Gasteiger partial charge in [0.05, 0.1) is 24.2 Å². The number of esters is 2. The summed E-state index contributed by atoms with van der Waals surface area (Å²) < 4.78 is 10.3. The monoisotopic (exact) mass is 518 g/mol. The van der Waals surface area contributed by atoms with Crippen LogP contribution in [0.3, 0.4) is 0 Å². The van der Waals surface area contributed by atoms with Gasteiger partial charge in [0.2, 0.25) is 17.4 Å². The maximum atomic E-state index is 12.9. The first-order valence-electron chi connectivity index (χ1n) is 10.8. The lowest BCUT2D eigenvalue weighted by Crippen LogP contribution is -2.37. The molecule has 0 fully saturated rings. The number of rotatable bonds is 4. The van der Waals surface area contributed by atoms with Crippen LogP contribution in [0.1, 0.15) is 33.6 Å². The van der Waals surface area contributed by atoms with Crippen LogP contribution in [-0.4, -0.2) is 86.2 Å². The lowest BCUT2D eigenvalue weighted by molar-refractivity contribution is -0.132. The fourth-order valence-electron chi connectivity index (χ4n) is 3.63. The number of hydrogen-bond acceptors (Lipinski definition) is 12. The first-order valence-corrected chi connectivity index (χ1v) is 10.8. The summed E-state index contributed by atoms with van der Waals surface area (Å²) in [5.41, 5.74) is 5.67. The van der Waals surface area contributed by atoms with E-state index in [1.807, 2.05) is 0 Å². The van der Waals surface area contributed by atoms with Crippen molar-refractivity contribution in [1.82, 2.24) is 4.90 Å². The normalized spacial score (nSPS) is 14.0. The number of amides is 1. The van der Waals surface area contributed by atoms with E-state index in [1.54, 1.807) is 0 Å². The Hall–Kier alpha value is -5.04. The number of cyclic esters (lactones) is 2. The van der Waals surface area contributed by atoms with Crippen LogP contribution in [0.25, 0.3) is 21.6 Å². The molecule has 3 rings (SSSR count). The highest BCUT2D eigenvalue weighted by atomic mass is 16.5. The molecule has 15 heteroatoms. The third-order valence-electron chi connectivity index (χ3n) is 5.45. The van der Waals surface area contributed by atoms with Gasteiger partial charge in [0, 0.05) is 29.0 Å². The molecule has 0 aromatic heterocycles. The molecule has 2 aromatic rings. The quantitative estimate of drug-likeness (QED) is 0.0851. The van der Waals surface area contributed by atoms with Gasteiger partial charge in [-0.05, 0) is 24.1 Å². The molecule has 1 amide bonds. The molecular weight excluding hydrogens is 496 g/mol. The fraction of sp³-hybridized carbons (Fsp3) is 0.318. The standard InChI is InChI=1S/C22H22N4O11/c23-25-24-3-1-2-14(29)26-4-6-36-21(34)10-8-12(27)17(30)19(32)15(10)16-11(22(35)37-7-5-26)9-13(28)18(31)20(16)33/h8-9,27-28,30-33H,1-7H2. The van der Waals surface area contributed by atoms with Gasteiger partial charge < -0.3 is 45.0 Å². The van der Waals surface area contributed by atoms with E-state index in [1.165, 1.54) is 4.90 Å². The molecule has 0 unspecified atom stereocenters. The molecule has 37 heavy (non-hydrogen) atoms. The number of aromatic hydroxyl groups is 6. The van der Waals surface area contributed by atoms with E-state index in [0.29, 0.717) is 12.1 Å². The number of phenols is 6. The predicted octanol–water partition coefficient (Wildman–Crippen LogP) is 1.83. The van der Waals surface area contributed by atoms with Crippen molar-refractivity contribution in [2.75, 3.05) is 32.8 Å². The zero-order valence-corrected chi connectivity index (χ0v) is 19.1. The molecular formula is C22H22N4O11. The van der Waals surface area contributed by atoms with Gasteiger partial charge in [0.1, 0.15) is 13.2 Å². The third-order valence-corrected chi connectivity index (χ3v) is 5.45. The van der Waals surface area contributed by atoms with Gasteiger partial charge in [-0.15, -0.1) is 0 Å². The zero-order valence-electron chi connectivity index (χ0n) is 19.1. The summed E-state index contributed by atoms with van der Waals surface area (Å²) >= 11 is 0. The van der Waals surface area contributed by atoms with Crippen molar-refractivity contribution in [2.24, 2.45) is 5.11 Å². The minimum atomic E-state index is -1.19. The van der Waals surface area contributed by atoms with Crippen LogP contribution in [0.2, 0.25) is 0 Å². The Morgan fingerprint density at radius 1 is 0.865 bits per heavy atom. The predicted molar refractivity (Wildman–Crippen MR) is 122 cm³/mol. The Bertz CT molecular complexity index is 1220. The Kier molecular flexibility index (Phi) is 7.99. The third kappa shape index (κ3) is 5.46. The van der Waals surface area contributed by atoms with Crippen LogP contribution >= 0.6 is 0 Å². The number of phenolic OH excluding ortho intramolecular Hbond substituents is 6. The van der Waals surface area contributed by atoms with Gasteiger partial charge in [-0.1, -0.05) is 5.11 Å². The first-order chi connectivity index (χ1) is 17.6. The number of benzene rings is 2. The van der Waals surface area contributed by atoms with Gasteiger partial charge in [-0.3, -0.25) is 4.79 Å². The number of ether oxygens (including phenoxy) is 2. The molecule has 15 nitrogen and oxygen atoms in total. The van der Waals surface area contributed by atoms with Crippen LogP contribution in [0, 0.1) is 0 Å². The minimum Gasteiger partial charge on any atom is -0.504 e. The van der Waals surface area contributed by atoms with Crippen LogP contribution in [0.4, 0.5) is 0 Å². The number of carbonyl (C=O) groups excluding carboxylic acids is 3. The Morgan fingerprint density at radius 2 is 1.32 bits per heavy atom. The van der Waals surface area contributed by atoms with Gasteiger partial charge >= 0.3 is 11.9 Å². The second kappa shape index (κ2) is 11.1. The number of azide groups is 1. The van der Waals surface area contributed by atoms with Crippen molar-refractivity contribution in [3.63, 3.8) is 0 Å². The number of carbonyl (C=O) groups is 3. The molecule has 2 aromatic carbocycles. The lowest BCUT2D eigenvalue weighted by Gasteiger charge is -2.22. The number of fused-ring (bicyclic) bond motifs is 3. The Labute approximate surface area is 208 Å². The van der Waals surface area contributed by atoms with Crippen molar-refractivity contribution in [3.05, 3.63) is 33.7 Å². The van der Waals surface area contributed by atoms with Gasteiger partial charge in [-0.25, -0.2) is 9.59 Å². The van der Waals surface area contributed by atoms with Crippen molar-refractivity contribution < 1.29 is 54.5 Å². The van der Waals surface area contributed by atoms with Gasteiger partial charge in [0.15, 0.2) is 23.0 Å². The van der Waals surface area contributed by atoms with Crippen LogP contribution in [0.5, 0.6) is 34.5 Å². The van der Waals surface area contributed by atoms with E-state index in [-0.39, 0.29) is 45.7 Å². The van der Waals surface area contributed by atoms with E-state index in [9.17, 15) is 45.0 Å². The SMILES string of the molecule is [N-]=[N+]=NCCCC(=O)N1CCOC(=O)c2cc(O)c(O)c(O)c2-c2c(cc(O)c(O)c2O)C(=O)OCC1. The largest absolute Gasteiger partial charge is 0.504 e. The number of nitrogens with zero attached hydrogens (tertiary/aromatic N) is 4. The maximum absolute atomic E-state index is 12.9. The highest BCUT2D eigenvalue weighted by molar-refractivity contribution is 6.08. The second-order valence-electron chi connectivity index (χ2n) is 7.74. The molecule has 196 valence electrons. The van der Waals surface area contributed by atoms with E-state index < -0.39 is 74.6 Å². The molecule has 0 saturated heterocycles. The van der Waals surface area contributed by atoms with Crippen LogP contribution in [0.15, 0.2) is 17.2 Å². The average molecular weight is 518 g/mol. The first kappa shape index (κ1) is 26.6. The molecule has 0 saturated carbocycles. The van der Waals surface area contributed by atoms with E-state index in [0.717, 1.165) is 0 Å². The van der Waals surface area contributed by atoms with E-state index in [2.05, 4.69) is 10.0 Å². The molecule has 0 radical (unpaired) electrons. The highest BCUT2D eigenvalue weighted by Crippen LogP contribution is 2.52. The van der Waals surface area contributed by atoms with E-state index in [4.69, 9.17) is 15.0 Å². The number of hydrogen-bond donors (Lipinski definition) is 6. The summed E-state index contributed by atoms with van der Waals surface area (Å²) in [6.07, 6.45) is 0.221. The van der Waals surface area contributed by atoms with Crippen molar-refractivity contribution >= 4 is 17.8 Å². The second-order valence-corrected chi connectivity index (χ2v) is 7.74. The van der Waals surface area contributed by atoms with Crippen molar-refractivity contribution in [3.8, 4) is 45.6 Å². The molecule has 0 aliphatic carbocycles. The summed E-state index contributed by atoms with van der Waals surface area (Å²) in [4.78, 5) is 42.2. The zero-order chi connectivity index (χ0) is 27.3. The molecule has 1 heterocycles. The summed E-state index contributed by atoms with van der Waals surface area (Å²) in [6, 6.07) is 1.40. The van der Waals surface area contributed by atoms with Crippen molar-refractivity contribution in [2.45, 2.75) is 12.8 Å². The smallest absolute Gasteiger partial charge is 0.339 e. The molecule has 1 aliphatic rings. The highest BCUT2D eigenvalue weighted by Gasteiger charge is 2.32. The molecule has 0 bridgehead atoms. The molecule has 1 aliphatic heterocycles. The lowest BCUT2D eigenvalue weighted by atomic mass is 9.92. The van der Waals surface area contributed by atoms with Gasteiger partial charge in [0.25, 0.3) is 0 Å².